The number of thioether (sulfide) groups is 1. The van der Waals surface area contributed by atoms with Gasteiger partial charge in [-0.15, -0.1) is 0 Å². The summed E-state index contributed by atoms with van der Waals surface area (Å²) in [5, 5.41) is 57.1. The molecule has 5 unspecified atom stereocenters. The zero-order chi connectivity index (χ0) is 16.6. The second-order valence-corrected chi connectivity index (χ2v) is 5.34. The van der Waals surface area contributed by atoms with Crippen LogP contribution in [-0.4, -0.2) is 121 Å². The predicted octanol–water partition coefficient (Wildman–Crippen LogP) is -3.64. The van der Waals surface area contributed by atoms with Crippen LogP contribution in [0.25, 0.3) is 0 Å². The molecule has 22 heavy (non-hydrogen) atoms. The van der Waals surface area contributed by atoms with Gasteiger partial charge >= 0.3 is 5.97 Å². The number of carboxylic acids is 1. The van der Waals surface area contributed by atoms with Gasteiger partial charge in [0.25, 0.3) is 5.91 Å². The number of carboxylic acid groups (broad SMARTS) is 1. The molecule has 0 saturated heterocycles. The summed E-state index contributed by atoms with van der Waals surface area (Å²) >= 11 is 1.37. The zero-order valence-electron chi connectivity index (χ0n) is 12.4. The van der Waals surface area contributed by atoms with Gasteiger partial charge in [-0.1, -0.05) is 0 Å². The van der Waals surface area contributed by atoms with Crippen LogP contribution in [0, 0.1) is 0 Å². The van der Waals surface area contributed by atoms with E-state index < -0.39 is 48.9 Å². The Kier molecular flexibility index (Phi) is 13.8. The van der Waals surface area contributed by atoms with Crippen molar-refractivity contribution in [2.24, 2.45) is 0 Å². The van der Waals surface area contributed by atoms with Crippen LogP contribution in [0.5, 0.6) is 0 Å². The number of aliphatic carboxylic acids is 1. The Labute approximate surface area is 154 Å². The van der Waals surface area contributed by atoms with Crippen LogP contribution in [0.4, 0.5) is 0 Å². The molecule has 0 aliphatic rings. The predicted molar refractivity (Wildman–Crippen MR) is 79.4 cm³/mol. The van der Waals surface area contributed by atoms with Crippen molar-refractivity contribution in [1.29, 1.82) is 0 Å². The number of aliphatic hydroxyl groups excluding tert-OH is 5. The molecule has 1 amide bonds. The fourth-order valence-electron chi connectivity index (χ4n) is 1.43. The molecule has 0 aliphatic carbocycles. The monoisotopic (exact) mass is 350 g/mol. The fraction of sp³-hybridized carbons (Fsp3) is 0.818. The van der Waals surface area contributed by atoms with Gasteiger partial charge in [0, 0.05) is 29.6 Å². The summed E-state index contributed by atoms with van der Waals surface area (Å²) in [7, 11) is 0. The molecule has 9 nitrogen and oxygen atoms in total. The Bertz CT molecular complexity index is 348. The SMILES string of the molecule is CSCCC(NC(=O)C(O)C(O)C(O)C(O)CO)C(=O)O.[Na]. The normalized spacial score (nSPS) is 17.5. The van der Waals surface area contributed by atoms with E-state index in [1.54, 1.807) is 6.26 Å². The zero-order valence-corrected chi connectivity index (χ0v) is 15.2. The van der Waals surface area contributed by atoms with Crippen LogP contribution in [0.15, 0.2) is 0 Å². The maximum absolute atomic E-state index is 11.6. The number of aliphatic hydroxyl groups is 5. The van der Waals surface area contributed by atoms with Crippen LogP contribution >= 0.6 is 11.8 Å². The first-order valence-corrected chi connectivity index (χ1v) is 7.50. The van der Waals surface area contributed by atoms with E-state index >= 15 is 0 Å². The number of carbonyl (C=O) groups is 2. The minimum absolute atomic E-state index is 0. The van der Waals surface area contributed by atoms with E-state index in [0.717, 1.165) is 0 Å². The second kappa shape index (κ2) is 12.5. The maximum atomic E-state index is 11.6. The van der Waals surface area contributed by atoms with E-state index in [1.807, 2.05) is 5.32 Å². The number of rotatable bonds is 10. The van der Waals surface area contributed by atoms with Crippen molar-refractivity contribution >= 4 is 53.2 Å². The molecule has 0 rings (SSSR count). The summed E-state index contributed by atoms with van der Waals surface area (Å²) in [6.45, 7) is -0.877. The van der Waals surface area contributed by atoms with E-state index in [0.29, 0.717) is 5.75 Å². The third-order valence-electron chi connectivity index (χ3n) is 2.75. The first kappa shape index (κ1) is 24.3. The maximum Gasteiger partial charge on any atom is 0.326 e. The van der Waals surface area contributed by atoms with E-state index in [2.05, 4.69) is 0 Å². The average molecular weight is 350 g/mol. The van der Waals surface area contributed by atoms with Crippen LogP contribution in [0.1, 0.15) is 6.42 Å². The van der Waals surface area contributed by atoms with Gasteiger partial charge in [0.1, 0.15) is 24.4 Å². The van der Waals surface area contributed by atoms with Crippen molar-refractivity contribution in [1.82, 2.24) is 5.32 Å². The van der Waals surface area contributed by atoms with Gasteiger partial charge < -0.3 is 36.0 Å². The molecule has 0 aromatic heterocycles. The smallest absolute Gasteiger partial charge is 0.326 e. The van der Waals surface area contributed by atoms with Gasteiger partial charge in [-0.05, 0) is 18.4 Å². The number of carbonyl (C=O) groups excluding carboxylic acids is 1. The van der Waals surface area contributed by atoms with E-state index in [9.17, 15) is 24.9 Å². The minimum Gasteiger partial charge on any atom is -0.480 e. The Morgan fingerprint density at radius 1 is 1.14 bits per heavy atom. The van der Waals surface area contributed by atoms with Crippen molar-refractivity contribution in [3.05, 3.63) is 0 Å². The van der Waals surface area contributed by atoms with Crippen LogP contribution in [0.2, 0.25) is 0 Å². The molecule has 0 aliphatic heterocycles. The molecule has 1 radical (unpaired) electrons. The van der Waals surface area contributed by atoms with Gasteiger partial charge in [-0.2, -0.15) is 11.8 Å². The molecule has 0 heterocycles. The summed E-state index contributed by atoms with van der Waals surface area (Å²) in [6, 6.07) is -1.24. The second-order valence-electron chi connectivity index (χ2n) is 4.36. The topological polar surface area (TPSA) is 168 Å². The Balaban J connectivity index is 0. The summed E-state index contributed by atoms with van der Waals surface area (Å²) in [4.78, 5) is 22.6. The Hall–Kier alpha value is 0.0900. The van der Waals surface area contributed by atoms with Crippen molar-refractivity contribution < 1.29 is 40.2 Å². The molecule has 0 aromatic rings. The molecule has 7 N–H and O–H groups in total. The van der Waals surface area contributed by atoms with E-state index in [1.165, 1.54) is 11.8 Å². The molecule has 5 atom stereocenters. The van der Waals surface area contributed by atoms with Crippen molar-refractivity contribution in [3.8, 4) is 0 Å². The summed E-state index contributed by atoms with van der Waals surface area (Å²) in [5.74, 6) is -2.03. The van der Waals surface area contributed by atoms with E-state index in [4.69, 9.17) is 15.3 Å². The first-order valence-electron chi connectivity index (χ1n) is 6.11. The molecule has 0 spiro atoms. The molecule has 0 saturated carbocycles. The molecule has 0 aromatic carbocycles. The molecule has 0 fully saturated rings. The van der Waals surface area contributed by atoms with Gasteiger partial charge in [-0.25, -0.2) is 4.79 Å². The van der Waals surface area contributed by atoms with Gasteiger partial charge in [-0.3, -0.25) is 4.79 Å². The number of amides is 1. The standard InChI is InChI=1S/C11H21NO8S.Na/c1-21-3-2-5(11(19)20)12-10(18)9(17)8(16)7(15)6(14)4-13;/h5-9,13-17H,2-4H2,1H3,(H,12,18)(H,19,20);. The van der Waals surface area contributed by atoms with Gasteiger partial charge in [0.05, 0.1) is 6.61 Å². The summed E-state index contributed by atoms with van der Waals surface area (Å²) in [5.41, 5.74) is 0. The summed E-state index contributed by atoms with van der Waals surface area (Å²) in [6.07, 6.45) is -6.03. The largest absolute Gasteiger partial charge is 0.480 e. The Morgan fingerprint density at radius 2 is 1.68 bits per heavy atom. The summed E-state index contributed by atoms with van der Waals surface area (Å²) < 4.78 is 0. The van der Waals surface area contributed by atoms with E-state index in [-0.39, 0.29) is 36.0 Å². The van der Waals surface area contributed by atoms with Crippen LogP contribution in [0.3, 0.4) is 0 Å². The quantitative estimate of drug-likeness (QED) is 0.197. The molecular weight excluding hydrogens is 329 g/mol. The van der Waals surface area contributed by atoms with Crippen molar-refractivity contribution in [3.63, 3.8) is 0 Å². The molecule has 125 valence electrons. The minimum atomic E-state index is -2.14. The van der Waals surface area contributed by atoms with Gasteiger partial charge in [0.15, 0.2) is 6.10 Å². The average Bonchev–Trinajstić information content (AvgIpc) is 2.47. The van der Waals surface area contributed by atoms with Crippen LogP contribution in [-0.2, 0) is 9.59 Å². The number of hydrogen-bond donors (Lipinski definition) is 7. The molecule has 0 bridgehead atoms. The third kappa shape index (κ3) is 8.09. The third-order valence-corrected chi connectivity index (χ3v) is 3.39. The fourth-order valence-corrected chi connectivity index (χ4v) is 1.90. The van der Waals surface area contributed by atoms with Crippen molar-refractivity contribution in [2.45, 2.75) is 36.9 Å². The number of nitrogens with one attached hydrogen (secondary N) is 1. The molecule has 11 heteroatoms. The first-order chi connectivity index (χ1) is 9.76. The van der Waals surface area contributed by atoms with Gasteiger partial charge in [0.2, 0.25) is 0 Å². The number of hydrogen-bond acceptors (Lipinski definition) is 8. The van der Waals surface area contributed by atoms with Crippen molar-refractivity contribution in [2.75, 3.05) is 18.6 Å². The van der Waals surface area contributed by atoms with Crippen LogP contribution < -0.4 is 5.32 Å². The molecular formula is C11H21NNaO8S. The Morgan fingerprint density at radius 3 is 2.09 bits per heavy atom.